The molecule has 168 valence electrons. The number of fused-ring (bicyclic) bond motifs is 3. The van der Waals surface area contributed by atoms with Gasteiger partial charge in [-0.2, -0.15) is 0 Å². The highest BCUT2D eigenvalue weighted by atomic mass is 16.3. The van der Waals surface area contributed by atoms with Crippen molar-refractivity contribution in [2.75, 3.05) is 4.90 Å². The van der Waals surface area contributed by atoms with Crippen LogP contribution in [-0.4, -0.2) is 28.0 Å². The third-order valence-corrected chi connectivity index (χ3v) is 7.42. The van der Waals surface area contributed by atoms with Crippen LogP contribution in [0.15, 0.2) is 47.1 Å². The van der Waals surface area contributed by atoms with E-state index in [2.05, 4.69) is 19.2 Å². The number of hydrogen-bond donors (Lipinski definition) is 1. The lowest BCUT2D eigenvalue weighted by Crippen LogP contribution is -2.65. The first-order valence-electron chi connectivity index (χ1n) is 11.7. The molecule has 0 radical (unpaired) electrons. The largest absolute Gasteiger partial charge is 0.463 e. The van der Waals surface area contributed by atoms with Gasteiger partial charge in [0.1, 0.15) is 11.2 Å². The van der Waals surface area contributed by atoms with Crippen LogP contribution in [0.5, 0.6) is 0 Å². The molecule has 3 heterocycles. The first-order valence-corrected chi connectivity index (χ1v) is 11.7. The van der Waals surface area contributed by atoms with E-state index in [9.17, 15) is 9.59 Å². The summed E-state index contributed by atoms with van der Waals surface area (Å²) in [6.45, 7) is 6.57. The molecule has 3 aromatic rings. The summed E-state index contributed by atoms with van der Waals surface area (Å²) >= 11 is 0. The predicted octanol–water partition coefficient (Wildman–Crippen LogP) is 4.91. The molecule has 1 aromatic carbocycles. The fraction of sp³-hybridized carbons (Fsp3) is 0.462. The van der Waals surface area contributed by atoms with Gasteiger partial charge in [0.05, 0.1) is 18.3 Å². The minimum absolute atomic E-state index is 0.0971. The molecule has 6 nitrogen and oxygen atoms in total. The minimum Gasteiger partial charge on any atom is -0.463 e. The van der Waals surface area contributed by atoms with E-state index >= 15 is 0 Å². The molecule has 6 heteroatoms. The molecule has 32 heavy (non-hydrogen) atoms. The monoisotopic (exact) mass is 433 g/mol. The molecule has 1 saturated carbocycles. The number of nitrogens with one attached hydrogen (secondary N) is 1. The highest BCUT2D eigenvalue weighted by Gasteiger charge is 2.49. The number of rotatable bonds is 4. The van der Waals surface area contributed by atoms with Crippen molar-refractivity contribution < 1.29 is 14.0 Å². The van der Waals surface area contributed by atoms with Crippen LogP contribution >= 0.6 is 0 Å². The summed E-state index contributed by atoms with van der Waals surface area (Å²) < 4.78 is 7.49. The van der Waals surface area contributed by atoms with Crippen molar-refractivity contribution in [1.82, 2.24) is 9.88 Å². The van der Waals surface area contributed by atoms with Crippen molar-refractivity contribution in [1.29, 1.82) is 0 Å². The zero-order valence-electron chi connectivity index (χ0n) is 19.1. The third kappa shape index (κ3) is 3.24. The van der Waals surface area contributed by atoms with Gasteiger partial charge in [0, 0.05) is 23.9 Å². The van der Waals surface area contributed by atoms with Crippen molar-refractivity contribution in [3.8, 4) is 0 Å². The van der Waals surface area contributed by atoms with Gasteiger partial charge in [-0.15, -0.1) is 0 Å². The second kappa shape index (κ2) is 7.84. The van der Waals surface area contributed by atoms with E-state index in [1.54, 1.807) is 17.2 Å². The summed E-state index contributed by atoms with van der Waals surface area (Å²) in [5, 5.41) is 3.32. The Morgan fingerprint density at radius 3 is 2.66 bits per heavy atom. The molecule has 2 aromatic heterocycles. The highest BCUT2D eigenvalue weighted by molar-refractivity contribution is 6.13. The number of aryl methyl sites for hydroxylation is 1. The van der Waals surface area contributed by atoms with Gasteiger partial charge in [0.2, 0.25) is 5.91 Å². The molecular formula is C26H31N3O3. The van der Waals surface area contributed by atoms with E-state index in [0.717, 1.165) is 36.9 Å². The Hall–Kier alpha value is -3.02. The number of nitrogens with zero attached hydrogens (tertiary/aromatic N) is 2. The maximum absolute atomic E-state index is 13.9. The van der Waals surface area contributed by atoms with E-state index < -0.39 is 5.54 Å². The molecule has 1 aliphatic heterocycles. The predicted molar refractivity (Wildman–Crippen MR) is 125 cm³/mol. The second-order valence-electron chi connectivity index (χ2n) is 9.56. The average Bonchev–Trinajstić information content (AvgIpc) is 3.38. The standard InChI is InChI=1S/C26H31N3O3/c1-4-18-9-11-19(12-10-18)29-24(30)22-15-23-21(13-14-32-23)28(22)16-26(29,3)25(31)27-20-8-6-5-7-17(20)2/h9-15,17,20H,4-8,16H2,1-3H3,(H,27,31)/t17-,20+,26-/m1/s1. The summed E-state index contributed by atoms with van der Waals surface area (Å²) in [6, 6.07) is 11.8. The minimum atomic E-state index is -1.06. The molecule has 1 aliphatic carbocycles. The molecule has 2 aliphatic rings. The maximum Gasteiger partial charge on any atom is 0.276 e. The van der Waals surface area contributed by atoms with Crippen LogP contribution in [0, 0.1) is 5.92 Å². The van der Waals surface area contributed by atoms with Crippen LogP contribution in [0.4, 0.5) is 5.69 Å². The van der Waals surface area contributed by atoms with Gasteiger partial charge < -0.3 is 14.3 Å². The van der Waals surface area contributed by atoms with Crippen LogP contribution < -0.4 is 10.2 Å². The van der Waals surface area contributed by atoms with Crippen molar-refractivity contribution >= 4 is 28.6 Å². The molecule has 0 bridgehead atoms. The molecule has 1 N–H and O–H groups in total. The van der Waals surface area contributed by atoms with Gasteiger partial charge in [0.25, 0.3) is 5.91 Å². The van der Waals surface area contributed by atoms with Gasteiger partial charge in [-0.3, -0.25) is 14.5 Å². The Morgan fingerprint density at radius 1 is 1.19 bits per heavy atom. The summed E-state index contributed by atoms with van der Waals surface area (Å²) in [6.07, 6.45) is 7.00. The zero-order chi connectivity index (χ0) is 22.5. The Bertz CT molecular complexity index is 1160. The smallest absolute Gasteiger partial charge is 0.276 e. The van der Waals surface area contributed by atoms with Crippen molar-refractivity contribution in [2.45, 2.75) is 71.0 Å². The SMILES string of the molecule is CCc1ccc(N2C(=O)c3cc4occc4n3C[C@]2(C)C(=O)N[C@H]2CCCC[C@H]2C)cc1. The number of amides is 2. The van der Waals surface area contributed by atoms with Crippen LogP contribution in [0.3, 0.4) is 0 Å². The Morgan fingerprint density at radius 2 is 1.94 bits per heavy atom. The van der Waals surface area contributed by atoms with Crippen LogP contribution in [0.25, 0.3) is 11.1 Å². The van der Waals surface area contributed by atoms with E-state index in [4.69, 9.17) is 4.42 Å². The average molecular weight is 434 g/mol. The lowest BCUT2D eigenvalue weighted by atomic mass is 9.84. The Kier molecular flexibility index (Phi) is 5.11. The lowest BCUT2D eigenvalue weighted by Gasteiger charge is -2.45. The second-order valence-corrected chi connectivity index (χ2v) is 9.56. The molecule has 3 atom stereocenters. The molecule has 0 saturated heterocycles. The molecule has 1 fully saturated rings. The zero-order valence-corrected chi connectivity index (χ0v) is 19.1. The Balaban J connectivity index is 1.58. The number of aromatic nitrogens is 1. The van der Waals surface area contributed by atoms with Gasteiger partial charge in [-0.1, -0.05) is 38.8 Å². The topological polar surface area (TPSA) is 67.5 Å². The van der Waals surface area contributed by atoms with Gasteiger partial charge >= 0.3 is 0 Å². The number of anilines is 1. The highest BCUT2D eigenvalue weighted by Crippen LogP contribution is 2.37. The summed E-state index contributed by atoms with van der Waals surface area (Å²) in [7, 11) is 0. The maximum atomic E-state index is 13.9. The van der Waals surface area contributed by atoms with Crippen molar-refractivity contribution in [3.63, 3.8) is 0 Å². The summed E-state index contributed by atoms with van der Waals surface area (Å²) in [5.74, 6) is 0.164. The molecule has 0 spiro atoms. The van der Waals surface area contributed by atoms with Gasteiger partial charge in [-0.25, -0.2) is 0 Å². The Labute approximate surface area is 188 Å². The van der Waals surface area contributed by atoms with Gasteiger partial charge in [0.15, 0.2) is 5.58 Å². The van der Waals surface area contributed by atoms with Crippen LogP contribution in [0.2, 0.25) is 0 Å². The molecule has 5 rings (SSSR count). The first kappa shape index (κ1) is 20.9. The summed E-state index contributed by atoms with van der Waals surface area (Å²) in [5.41, 5.74) is 2.94. The number of hydrogen-bond acceptors (Lipinski definition) is 3. The quantitative estimate of drug-likeness (QED) is 0.636. The first-order chi connectivity index (χ1) is 15.4. The third-order valence-electron chi connectivity index (χ3n) is 7.42. The van der Waals surface area contributed by atoms with Crippen LogP contribution in [0.1, 0.15) is 62.5 Å². The van der Waals surface area contributed by atoms with E-state index in [-0.39, 0.29) is 17.9 Å². The molecule has 0 unspecified atom stereocenters. The van der Waals surface area contributed by atoms with Crippen molar-refractivity contribution in [3.05, 3.63) is 53.9 Å². The van der Waals surface area contributed by atoms with Gasteiger partial charge in [-0.05, 0) is 49.8 Å². The van der Waals surface area contributed by atoms with E-state index in [0.29, 0.717) is 23.7 Å². The number of carbonyl (C=O) groups excluding carboxylic acids is 2. The lowest BCUT2D eigenvalue weighted by molar-refractivity contribution is -0.127. The number of carbonyl (C=O) groups is 2. The van der Waals surface area contributed by atoms with E-state index in [1.807, 2.05) is 41.8 Å². The summed E-state index contributed by atoms with van der Waals surface area (Å²) in [4.78, 5) is 29.3. The normalized spacial score (nSPS) is 25.7. The van der Waals surface area contributed by atoms with Crippen LogP contribution in [-0.2, 0) is 17.8 Å². The number of benzene rings is 1. The molecule has 2 amide bonds. The fourth-order valence-electron chi connectivity index (χ4n) is 5.35. The number of furan rings is 1. The van der Waals surface area contributed by atoms with Crippen molar-refractivity contribution in [2.24, 2.45) is 5.92 Å². The van der Waals surface area contributed by atoms with E-state index in [1.165, 1.54) is 12.0 Å². The fourth-order valence-corrected chi connectivity index (χ4v) is 5.35. The molecular weight excluding hydrogens is 402 g/mol.